The normalized spacial score (nSPS) is 15.6. The van der Waals surface area contributed by atoms with Gasteiger partial charge in [0.05, 0.1) is 0 Å². The van der Waals surface area contributed by atoms with E-state index in [2.05, 4.69) is 5.32 Å². The summed E-state index contributed by atoms with van der Waals surface area (Å²) in [5, 5.41) is 2.36. The second-order valence-corrected chi connectivity index (χ2v) is 5.88. The van der Waals surface area contributed by atoms with Crippen LogP contribution in [0.4, 0.5) is 13.6 Å². The van der Waals surface area contributed by atoms with E-state index in [-0.39, 0.29) is 6.61 Å². The Bertz CT molecular complexity index is 556. The van der Waals surface area contributed by atoms with Crippen molar-refractivity contribution in [2.45, 2.75) is 37.5 Å². The van der Waals surface area contributed by atoms with Crippen LogP contribution < -0.4 is 5.32 Å². The van der Waals surface area contributed by atoms with Crippen LogP contribution in [0.25, 0.3) is 0 Å². The zero-order valence-electron chi connectivity index (χ0n) is 12.8. The first-order valence-electron chi connectivity index (χ1n) is 7.27. The molecule has 23 heavy (non-hydrogen) atoms. The molecule has 1 aromatic carbocycles. The van der Waals surface area contributed by atoms with E-state index in [0.29, 0.717) is 12.8 Å². The molecule has 0 heterocycles. The number of alkyl carbamates (subject to hydrolysis) is 1. The largest absolute Gasteiger partial charge is 0.459 e. The number of amides is 1. The Balaban J connectivity index is 1.86. The van der Waals surface area contributed by atoms with E-state index in [1.54, 1.807) is 0 Å². The number of esters is 1. The molecule has 1 N–H and O–H groups in total. The van der Waals surface area contributed by atoms with E-state index < -0.39 is 36.6 Å². The lowest BCUT2D eigenvalue weighted by atomic mass is 10.1. The minimum atomic E-state index is -1.84. The van der Waals surface area contributed by atoms with Gasteiger partial charge in [-0.25, -0.2) is 18.4 Å². The fourth-order valence-corrected chi connectivity index (χ4v) is 1.90. The fraction of sp³-hybridized carbons (Fsp3) is 0.500. The van der Waals surface area contributed by atoms with Crippen LogP contribution in [-0.2, 0) is 20.9 Å². The van der Waals surface area contributed by atoms with Crippen molar-refractivity contribution < 1.29 is 27.8 Å². The van der Waals surface area contributed by atoms with Crippen LogP contribution in [0.5, 0.6) is 0 Å². The number of halogens is 2. The molecular weight excluding hydrogens is 308 g/mol. The minimum Gasteiger partial charge on any atom is -0.459 e. The molecule has 1 amide bonds. The van der Waals surface area contributed by atoms with Gasteiger partial charge in [0.15, 0.2) is 5.60 Å². The number of rotatable bonds is 7. The number of benzene rings is 1. The summed E-state index contributed by atoms with van der Waals surface area (Å²) >= 11 is 0. The average Bonchev–Trinajstić information content (AvgIpc) is 3.34. The third-order valence-corrected chi connectivity index (χ3v) is 3.60. The summed E-state index contributed by atoms with van der Waals surface area (Å²) in [7, 11) is 0. The lowest BCUT2D eigenvalue weighted by Gasteiger charge is -2.24. The Morgan fingerprint density at radius 2 is 1.83 bits per heavy atom. The van der Waals surface area contributed by atoms with E-state index in [9.17, 15) is 18.4 Å². The molecule has 0 unspecified atom stereocenters. The zero-order chi connectivity index (χ0) is 16.9. The first-order chi connectivity index (χ1) is 10.9. The maximum atomic E-state index is 12.7. The van der Waals surface area contributed by atoms with E-state index in [4.69, 9.17) is 9.47 Å². The second kappa shape index (κ2) is 6.93. The van der Waals surface area contributed by atoms with Crippen LogP contribution in [0, 0.1) is 0 Å². The van der Waals surface area contributed by atoms with E-state index in [1.807, 2.05) is 30.3 Å². The molecule has 0 atom stereocenters. The van der Waals surface area contributed by atoms with E-state index in [1.165, 1.54) is 0 Å². The van der Waals surface area contributed by atoms with Gasteiger partial charge in [-0.05, 0) is 25.3 Å². The van der Waals surface area contributed by atoms with Gasteiger partial charge in [0.2, 0.25) is 0 Å². The van der Waals surface area contributed by atoms with Gasteiger partial charge in [-0.2, -0.15) is 0 Å². The predicted octanol–water partition coefficient (Wildman–Crippen LogP) is 2.69. The third-order valence-electron chi connectivity index (χ3n) is 3.60. The SMILES string of the molecule is CC(CF)(CF)OC(=O)NC1(C(=O)OCc2ccccc2)CC1. The summed E-state index contributed by atoms with van der Waals surface area (Å²) in [6.45, 7) is -1.07. The summed E-state index contributed by atoms with van der Waals surface area (Å²) in [5.74, 6) is -0.583. The Kier molecular flexibility index (Phi) is 5.18. The Morgan fingerprint density at radius 3 is 2.35 bits per heavy atom. The Labute approximate surface area is 133 Å². The number of nitrogens with one attached hydrogen (secondary N) is 1. The highest BCUT2D eigenvalue weighted by molar-refractivity contribution is 5.88. The number of carbonyl (C=O) groups excluding carboxylic acids is 2. The molecule has 0 spiro atoms. The molecule has 0 aromatic heterocycles. The van der Waals surface area contributed by atoms with Crippen molar-refractivity contribution in [3.63, 3.8) is 0 Å². The monoisotopic (exact) mass is 327 g/mol. The summed E-state index contributed by atoms with van der Waals surface area (Å²) in [4.78, 5) is 23.8. The summed E-state index contributed by atoms with van der Waals surface area (Å²) in [6.07, 6.45) is -0.230. The number of hydrogen-bond acceptors (Lipinski definition) is 4. The molecular formula is C16H19F2NO4. The van der Waals surface area contributed by atoms with Gasteiger partial charge < -0.3 is 14.8 Å². The highest BCUT2D eigenvalue weighted by Crippen LogP contribution is 2.37. The van der Waals surface area contributed by atoms with Crippen molar-refractivity contribution in [1.29, 1.82) is 0 Å². The highest BCUT2D eigenvalue weighted by Gasteiger charge is 2.53. The van der Waals surface area contributed by atoms with Crippen LogP contribution in [0.2, 0.25) is 0 Å². The summed E-state index contributed by atoms with van der Waals surface area (Å²) < 4.78 is 35.3. The first kappa shape index (κ1) is 17.2. The second-order valence-electron chi connectivity index (χ2n) is 5.88. The van der Waals surface area contributed by atoms with Gasteiger partial charge in [-0.1, -0.05) is 30.3 Å². The standard InChI is InChI=1S/C16H19F2NO4/c1-15(10-17,11-18)23-14(21)19-16(7-8-16)13(20)22-9-12-5-3-2-4-6-12/h2-6H,7-11H2,1H3,(H,19,21). The number of carbonyl (C=O) groups is 2. The molecule has 1 fully saturated rings. The summed E-state index contributed by atoms with van der Waals surface area (Å²) in [6, 6.07) is 9.10. The molecule has 0 aliphatic heterocycles. The lowest BCUT2D eigenvalue weighted by molar-refractivity contribution is -0.148. The van der Waals surface area contributed by atoms with Crippen molar-refractivity contribution in [2.75, 3.05) is 13.3 Å². The van der Waals surface area contributed by atoms with Crippen LogP contribution >= 0.6 is 0 Å². The van der Waals surface area contributed by atoms with Crippen molar-refractivity contribution in [2.24, 2.45) is 0 Å². The number of hydrogen-bond donors (Lipinski definition) is 1. The van der Waals surface area contributed by atoms with E-state index in [0.717, 1.165) is 12.5 Å². The third kappa shape index (κ3) is 4.40. The van der Waals surface area contributed by atoms with E-state index >= 15 is 0 Å². The van der Waals surface area contributed by atoms with Crippen LogP contribution in [0.1, 0.15) is 25.3 Å². The van der Waals surface area contributed by atoms with Crippen molar-refractivity contribution >= 4 is 12.1 Å². The Morgan fingerprint density at radius 1 is 1.22 bits per heavy atom. The highest BCUT2D eigenvalue weighted by atomic mass is 19.1. The van der Waals surface area contributed by atoms with Gasteiger partial charge in [0, 0.05) is 0 Å². The van der Waals surface area contributed by atoms with Crippen molar-refractivity contribution in [3.05, 3.63) is 35.9 Å². The smallest absolute Gasteiger partial charge is 0.408 e. The fourth-order valence-electron chi connectivity index (χ4n) is 1.90. The van der Waals surface area contributed by atoms with Crippen molar-refractivity contribution in [3.8, 4) is 0 Å². The molecule has 1 aliphatic rings. The van der Waals surface area contributed by atoms with Gasteiger partial charge in [0.1, 0.15) is 25.5 Å². The molecule has 0 saturated heterocycles. The van der Waals surface area contributed by atoms with Gasteiger partial charge in [-0.3, -0.25) is 0 Å². The predicted molar refractivity (Wildman–Crippen MR) is 78.2 cm³/mol. The molecule has 1 aliphatic carbocycles. The molecule has 1 aromatic rings. The molecule has 0 radical (unpaired) electrons. The molecule has 7 heteroatoms. The van der Waals surface area contributed by atoms with Gasteiger partial charge in [0.25, 0.3) is 0 Å². The van der Waals surface area contributed by atoms with Gasteiger partial charge >= 0.3 is 12.1 Å². The number of ether oxygens (including phenoxy) is 2. The zero-order valence-corrected chi connectivity index (χ0v) is 12.8. The maximum Gasteiger partial charge on any atom is 0.408 e. The minimum absolute atomic E-state index is 0.0881. The Hall–Kier alpha value is -2.18. The quantitative estimate of drug-likeness (QED) is 0.782. The topological polar surface area (TPSA) is 64.6 Å². The maximum absolute atomic E-state index is 12.7. The molecule has 126 valence electrons. The average molecular weight is 327 g/mol. The van der Waals surface area contributed by atoms with Crippen LogP contribution in [0.15, 0.2) is 30.3 Å². The summed E-state index contributed by atoms with van der Waals surface area (Å²) in [5.41, 5.74) is -2.17. The van der Waals surface area contributed by atoms with Crippen LogP contribution in [-0.4, -0.2) is 36.6 Å². The lowest BCUT2D eigenvalue weighted by Crippen LogP contribution is -2.48. The molecule has 0 bridgehead atoms. The number of alkyl halides is 2. The van der Waals surface area contributed by atoms with Gasteiger partial charge in [-0.15, -0.1) is 0 Å². The molecule has 1 saturated carbocycles. The molecule has 5 nitrogen and oxygen atoms in total. The molecule has 2 rings (SSSR count). The van der Waals surface area contributed by atoms with Crippen molar-refractivity contribution in [1.82, 2.24) is 5.32 Å². The van der Waals surface area contributed by atoms with Crippen LogP contribution in [0.3, 0.4) is 0 Å². The first-order valence-corrected chi connectivity index (χ1v) is 7.27.